The summed E-state index contributed by atoms with van der Waals surface area (Å²) in [5.41, 5.74) is 1.09. The van der Waals surface area contributed by atoms with Crippen LogP contribution in [0.5, 0.6) is 5.75 Å². The third kappa shape index (κ3) is 4.42. The molecule has 1 aliphatic rings. The van der Waals surface area contributed by atoms with Crippen LogP contribution >= 0.6 is 11.8 Å². The molecule has 1 fully saturated rings. The molecule has 0 radical (unpaired) electrons. The fourth-order valence-electron chi connectivity index (χ4n) is 2.25. The second kappa shape index (κ2) is 7.55. The Bertz CT molecular complexity index is 430. The minimum Gasteiger partial charge on any atom is -0.497 e. The van der Waals surface area contributed by atoms with Gasteiger partial charge in [-0.05, 0) is 24.6 Å². The van der Waals surface area contributed by atoms with Crippen LogP contribution in [-0.4, -0.2) is 37.1 Å². The van der Waals surface area contributed by atoms with Crippen LogP contribution in [0.25, 0.3) is 0 Å². The van der Waals surface area contributed by atoms with Gasteiger partial charge in [0.2, 0.25) is 5.91 Å². The van der Waals surface area contributed by atoms with E-state index in [4.69, 9.17) is 4.74 Å². The molecule has 1 aromatic rings. The monoisotopic (exact) mass is 294 g/mol. The lowest BCUT2D eigenvalue weighted by Crippen LogP contribution is -2.41. The van der Waals surface area contributed by atoms with E-state index < -0.39 is 0 Å². The van der Waals surface area contributed by atoms with E-state index in [0.29, 0.717) is 12.5 Å². The van der Waals surface area contributed by atoms with Crippen LogP contribution in [0.15, 0.2) is 24.3 Å². The van der Waals surface area contributed by atoms with Crippen LogP contribution in [0.4, 0.5) is 0 Å². The number of carbonyl (C=O) groups is 1. The van der Waals surface area contributed by atoms with Gasteiger partial charge in [-0.1, -0.05) is 12.1 Å². The van der Waals surface area contributed by atoms with Gasteiger partial charge in [-0.3, -0.25) is 4.79 Å². The lowest BCUT2D eigenvalue weighted by Gasteiger charge is -2.23. The van der Waals surface area contributed by atoms with E-state index in [0.717, 1.165) is 29.4 Å². The smallest absolute Gasteiger partial charge is 0.222 e. The molecular formula is C15H22N2O2S. The zero-order chi connectivity index (χ0) is 14.4. The van der Waals surface area contributed by atoms with E-state index >= 15 is 0 Å². The van der Waals surface area contributed by atoms with Crippen molar-refractivity contribution in [1.82, 2.24) is 10.6 Å². The normalized spacial score (nSPS) is 20.2. The van der Waals surface area contributed by atoms with Crippen LogP contribution in [0, 0.1) is 0 Å². The third-order valence-corrected chi connectivity index (χ3v) is 4.55. The summed E-state index contributed by atoms with van der Waals surface area (Å²) in [5, 5.41) is 6.43. The average Bonchev–Trinajstić information content (AvgIpc) is 2.48. The van der Waals surface area contributed by atoms with Crippen molar-refractivity contribution in [3.63, 3.8) is 0 Å². The Kier molecular flexibility index (Phi) is 5.73. The van der Waals surface area contributed by atoms with Crippen LogP contribution in [0.3, 0.4) is 0 Å². The summed E-state index contributed by atoms with van der Waals surface area (Å²) in [4.78, 5) is 12.0. The topological polar surface area (TPSA) is 50.4 Å². The fraction of sp³-hybridized carbons (Fsp3) is 0.533. The van der Waals surface area contributed by atoms with Crippen molar-refractivity contribution in [3.05, 3.63) is 29.8 Å². The van der Waals surface area contributed by atoms with E-state index in [1.165, 1.54) is 0 Å². The first-order chi connectivity index (χ1) is 9.69. The highest BCUT2D eigenvalue weighted by Gasteiger charge is 2.18. The molecule has 2 rings (SSSR count). The minimum absolute atomic E-state index is 0.0182. The van der Waals surface area contributed by atoms with Gasteiger partial charge in [0.15, 0.2) is 0 Å². The Morgan fingerprint density at radius 2 is 2.25 bits per heavy atom. The first-order valence-electron chi connectivity index (χ1n) is 6.93. The van der Waals surface area contributed by atoms with Gasteiger partial charge in [0.05, 0.1) is 13.2 Å². The van der Waals surface area contributed by atoms with Crippen LogP contribution in [0.2, 0.25) is 0 Å². The molecule has 2 atom stereocenters. The first kappa shape index (κ1) is 15.2. The van der Waals surface area contributed by atoms with E-state index in [2.05, 4.69) is 10.6 Å². The van der Waals surface area contributed by atoms with E-state index in [9.17, 15) is 4.79 Å². The average molecular weight is 294 g/mol. The molecular weight excluding hydrogens is 272 g/mol. The predicted molar refractivity (Wildman–Crippen MR) is 83.3 cm³/mol. The molecule has 0 aliphatic carbocycles. The maximum Gasteiger partial charge on any atom is 0.222 e. The van der Waals surface area contributed by atoms with Crippen molar-refractivity contribution in [2.45, 2.75) is 25.4 Å². The highest BCUT2D eigenvalue weighted by molar-refractivity contribution is 7.99. The fourth-order valence-corrected chi connectivity index (χ4v) is 3.20. The highest BCUT2D eigenvalue weighted by atomic mass is 32.2. The summed E-state index contributed by atoms with van der Waals surface area (Å²) in [6.07, 6.45) is 0.549. The van der Waals surface area contributed by atoms with Crippen molar-refractivity contribution in [2.75, 3.05) is 25.2 Å². The van der Waals surface area contributed by atoms with Crippen molar-refractivity contribution < 1.29 is 9.53 Å². The minimum atomic E-state index is 0.0182. The number of amides is 1. The Morgan fingerprint density at radius 3 is 2.85 bits per heavy atom. The molecule has 1 saturated heterocycles. The number of ether oxygens (including phenoxy) is 1. The Hall–Kier alpha value is -1.20. The van der Waals surface area contributed by atoms with Gasteiger partial charge in [0, 0.05) is 30.5 Å². The van der Waals surface area contributed by atoms with Gasteiger partial charge < -0.3 is 15.4 Å². The molecule has 1 amide bonds. The lowest BCUT2D eigenvalue weighted by atomic mass is 10.1. The molecule has 1 aliphatic heterocycles. The van der Waals surface area contributed by atoms with Crippen LogP contribution in [-0.2, 0) is 4.79 Å². The summed E-state index contributed by atoms with van der Waals surface area (Å²) >= 11 is 1.91. The SMILES string of the molecule is COc1ccc(C(C)NC(=O)CC2CSCCN2)cc1. The Balaban J connectivity index is 1.82. The Morgan fingerprint density at radius 1 is 1.50 bits per heavy atom. The highest BCUT2D eigenvalue weighted by Crippen LogP contribution is 2.17. The van der Waals surface area contributed by atoms with Gasteiger partial charge in [0.25, 0.3) is 0 Å². The van der Waals surface area contributed by atoms with Crippen LogP contribution in [0.1, 0.15) is 24.9 Å². The van der Waals surface area contributed by atoms with Gasteiger partial charge >= 0.3 is 0 Å². The molecule has 1 aromatic carbocycles. The lowest BCUT2D eigenvalue weighted by molar-refractivity contribution is -0.122. The largest absolute Gasteiger partial charge is 0.497 e. The molecule has 0 bridgehead atoms. The van der Waals surface area contributed by atoms with Gasteiger partial charge in [0.1, 0.15) is 5.75 Å². The number of benzene rings is 1. The maximum atomic E-state index is 12.0. The molecule has 0 saturated carbocycles. The van der Waals surface area contributed by atoms with E-state index in [1.807, 2.05) is 43.0 Å². The summed E-state index contributed by atoms with van der Waals surface area (Å²) in [7, 11) is 1.65. The predicted octanol–water partition coefficient (Wildman–Crippen LogP) is 1.97. The van der Waals surface area contributed by atoms with Crippen molar-refractivity contribution in [2.24, 2.45) is 0 Å². The number of hydrogen-bond donors (Lipinski definition) is 2. The van der Waals surface area contributed by atoms with Gasteiger partial charge in [-0.15, -0.1) is 0 Å². The molecule has 20 heavy (non-hydrogen) atoms. The summed E-state index contributed by atoms with van der Waals surface area (Å²) < 4.78 is 5.13. The molecule has 110 valence electrons. The van der Waals surface area contributed by atoms with Crippen LogP contribution < -0.4 is 15.4 Å². The number of thioether (sulfide) groups is 1. The molecule has 2 unspecified atom stereocenters. The second-order valence-electron chi connectivity index (χ2n) is 4.99. The number of rotatable bonds is 5. The third-order valence-electron chi connectivity index (χ3n) is 3.42. The molecule has 4 nitrogen and oxygen atoms in total. The second-order valence-corrected chi connectivity index (χ2v) is 6.14. The molecule has 5 heteroatoms. The van der Waals surface area contributed by atoms with Crippen molar-refractivity contribution in [1.29, 1.82) is 0 Å². The molecule has 1 heterocycles. The summed E-state index contributed by atoms with van der Waals surface area (Å²) in [6.45, 7) is 3.00. The zero-order valence-corrected chi connectivity index (χ0v) is 12.8. The first-order valence-corrected chi connectivity index (χ1v) is 8.09. The standard InChI is InChI=1S/C15H22N2O2S/c1-11(12-3-5-14(19-2)6-4-12)17-15(18)9-13-10-20-8-7-16-13/h3-6,11,13,16H,7-10H2,1-2H3,(H,17,18). The van der Waals surface area contributed by atoms with Gasteiger partial charge in [-0.25, -0.2) is 0 Å². The van der Waals surface area contributed by atoms with E-state index in [1.54, 1.807) is 7.11 Å². The summed E-state index contributed by atoms with van der Waals surface area (Å²) in [5.74, 6) is 3.09. The molecule has 0 aromatic heterocycles. The van der Waals surface area contributed by atoms with Crippen molar-refractivity contribution in [3.8, 4) is 5.75 Å². The van der Waals surface area contributed by atoms with Gasteiger partial charge in [-0.2, -0.15) is 11.8 Å². The number of nitrogens with one attached hydrogen (secondary N) is 2. The number of carbonyl (C=O) groups excluding carboxylic acids is 1. The summed E-state index contributed by atoms with van der Waals surface area (Å²) in [6, 6.07) is 8.12. The quantitative estimate of drug-likeness (QED) is 0.872. The Labute approximate surface area is 124 Å². The molecule has 2 N–H and O–H groups in total. The van der Waals surface area contributed by atoms with E-state index in [-0.39, 0.29) is 11.9 Å². The number of hydrogen-bond acceptors (Lipinski definition) is 4. The van der Waals surface area contributed by atoms with Crippen molar-refractivity contribution >= 4 is 17.7 Å². The number of methoxy groups -OCH3 is 1. The molecule has 0 spiro atoms. The zero-order valence-electron chi connectivity index (χ0n) is 12.0. The maximum absolute atomic E-state index is 12.0.